The summed E-state index contributed by atoms with van der Waals surface area (Å²) in [6, 6.07) is 9.25. The van der Waals surface area contributed by atoms with Crippen molar-refractivity contribution in [2.45, 2.75) is 0 Å². The first-order chi connectivity index (χ1) is 9.47. The van der Waals surface area contributed by atoms with Crippen molar-refractivity contribution in [3.63, 3.8) is 0 Å². The molecule has 0 unspecified atom stereocenters. The van der Waals surface area contributed by atoms with E-state index in [1.807, 2.05) is 0 Å². The molecule has 0 saturated carbocycles. The maximum Gasteiger partial charge on any atom is 0.191 e. The number of phenolic OH excluding ortho intramolecular Hbond substituents is 2. The molecule has 2 rings (SSSR count). The summed E-state index contributed by atoms with van der Waals surface area (Å²) >= 11 is 0. The fraction of sp³-hybridized carbons (Fsp3) is 0. The van der Waals surface area contributed by atoms with Crippen molar-refractivity contribution in [1.82, 2.24) is 0 Å². The van der Waals surface area contributed by atoms with Gasteiger partial charge in [0.15, 0.2) is 5.78 Å². The van der Waals surface area contributed by atoms with Crippen LogP contribution in [0.3, 0.4) is 0 Å². The minimum absolute atomic E-state index is 0.0226. The van der Waals surface area contributed by atoms with Crippen molar-refractivity contribution >= 4 is 23.2 Å². The third-order valence-electron chi connectivity index (χ3n) is 2.74. The molecule has 0 aliphatic heterocycles. The van der Waals surface area contributed by atoms with Gasteiger partial charge < -0.3 is 21.7 Å². The van der Waals surface area contributed by atoms with E-state index in [1.54, 1.807) is 30.3 Å². The molecule has 2 aromatic rings. The standard InChI is InChI=1S/C15H14N2O3/c16-10-4-1-9(2-5-10)3-6-13(19)15-12(17)7-11(18)8-14(15)20/h1-8,18,20H,16-17H2/b6-3+. The molecule has 0 radical (unpaired) electrons. The summed E-state index contributed by atoms with van der Waals surface area (Å²) in [6.45, 7) is 0. The number of phenols is 2. The minimum atomic E-state index is -0.447. The average molecular weight is 270 g/mol. The Balaban J connectivity index is 2.26. The Morgan fingerprint density at radius 2 is 1.70 bits per heavy atom. The maximum atomic E-state index is 12.0. The lowest BCUT2D eigenvalue weighted by molar-refractivity contribution is 0.104. The Bertz CT molecular complexity index is 653. The zero-order valence-electron chi connectivity index (χ0n) is 10.6. The van der Waals surface area contributed by atoms with Gasteiger partial charge in [-0.25, -0.2) is 0 Å². The predicted molar refractivity (Wildman–Crippen MR) is 78.4 cm³/mol. The molecule has 0 heterocycles. The Kier molecular flexibility index (Phi) is 3.61. The summed E-state index contributed by atoms with van der Waals surface area (Å²) < 4.78 is 0. The largest absolute Gasteiger partial charge is 0.508 e. The lowest BCUT2D eigenvalue weighted by Crippen LogP contribution is -2.01. The number of carbonyl (C=O) groups excluding carboxylic acids is 1. The molecule has 0 aliphatic carbocycles. The minimum Gasteiger partial charge on any atom is -0.508 e. The lowest BCUT2D eigenvalue weighted by Gasteiger charge is -2.05. The molecular weight excluding hydrogens is 256 g/mol. The number of allylic oxidation sites excluding steroid dienone is 1. The van der Waals surface area contributed by atoms with Crippen LogP contribution in [0, 0.1) is 0 Å². The summed E-state index contributed by atoms with van der Waals surface area (Å²) in [5.74, 6) is -0.995. The van der Waals surface area contributed by atoms with Crippen molar-refractivity contribution in [2.75, 3.05) is 11.5 Å². The molecule has 0 atom stereocenters. The number of aromatic hydroxyl groups is 2. The monoisotopic (exact) mass is 270 g/mol. The second-order valence-electron chi connectivity index (χ2n) is 4.29. The van der Waals surface area contributed by atoms with Crippen molar-refractivity contribution in [3.8, 4) is 11.5 Å². The van der Waals surface area contributed by atoms with Crippen molar-refractivity contribution < 1.29 is 15.0 Å². The van der Waals surface area contributed by atoms with Gasteiger partial charge in [-0.1, -0.05) is 18.2 Å². The summed E-state index contributed by atoms with van der Waals surface area (Å²) in [5.41, 5.74) is 12.6. The number of ketones is 1. The normalized spacial score (nSPS) is 10.8. The van der Waals surface area contributed by atoms with Gasteiger partial charge in [-0.2, -0.15) is 0 Å². The highest BCUT2D eigenvalue weighted by Gasteiger charge is 2.13. The molecule has 0 aliphatic rings. The molecule has 5 heteroatoms. The molecule has 6 N–H and O–H groups in total. The van der Waals surface area contributed by atoms with Crippen LogP contribution in [0.5, 0.6) is 11.5 Å². The molecule has 0 fully saturated rings. The van der Waals surface area contributed by atoms with Crippen LogP contribution in [0.1, 0.15) is 15.9 Å². The third-order valence-corrected chi connectivity index (χ3v) is 2.74. The van der Waals surface area contributed by atoms with Gasteiger partial charge in [-0.15, -0.1) is 0 Å². The van der Waals surface area contributed by atoms with Gasteiger partial charge in [-0.3, -0.25) is 4.79 Å². The second kappa shape index (κ2) is 5.36. The fourth-order valence-corrected chi connectivity index (χ4v) is 1.76. The highest BCUT2D eigenvalue weighted by molar-refractivity contribution is 6.12. The number of benzene rings is 2. The van der Waals surface area contributed by atoms with Crippen LogP contribution in [0.25, 0.3) is 6.08 Å². The second-order valence-corrected chi connectivity index (χ2v) is 4.29. The fourth-order valence-electron chi connectivity index (χ4n) is 1.76. The Morgan fingerprint density at radius 3 is 2.30 bits per heavy atom. The number of rotatable bonds is 3. The number of hydrogen-bond donors (Lipinski definition) is 4. The predicted octanol–water partition coefficient (Wildman–Crippen LogP) is 2.16. The highest BCUT2D eigenvalue weighted by Crippen LogP contribution is 2.29. The smallest absolute Gasteiger partial charge is 0.191 e. The van der Waals surface area contributed by atoms with Crippen molar-refractivity contribution in [2.24, 2.45) is 0 Å². The van der Waals surface area contributed by atoms with Gasteiger partial charge in [-0.05, 0) is 23.8 Å². The molecule has 0 bridgehead atoms. The van der Waals surface area contributed by atoms with Crippen LogP contribution in [-0.2, 0) is 0 Å². The van der Waals surface area contributed by atoms with Crippen LogP contribution in [0.2, 0.25) is 0 Å². The summed E-state index contributed by atoms with van der Waals surface area (Å²) in [6.07, 6.45) is 2.89. The van der Waals surface area contributed by atoms with Gasteiger partial charge >= 0.3 is 0 Å². The van der Waals surface area contributed by atoms with Crippen LogP contribution in [0.15, 0.2) is 42.5 Å². The van der Waals surface area contributed by atoms with E-state index in [0.29, 0.717) is 5.69 Å². The van der Waals surface area contributed by atoms with Crippen LogP contribution in [-0.4, -0.2) is 16.0 Å². The lowest BCUT2D eigenvalue weighted by atomic mass is 10.1. The maximum absolute atomic E-state index is 12.0. The zero-order chi connectivity index (χ0) is 14.7. The Labute approximate surface area is 115 Å². The summed E-state index contributed by atoms with van der Waals surface area (Å²) in [7, 11) is 0. The quantitative estimate of drug-likeness (QED) is 0.388. The van der Waals surface area contributed by atoms with E-state index < -0.39 is 5.78 Å². The number of carbonyl (C=O) groups is 1. The molecule has 0 amide bonds. The van der Waals surface area contributed by atoms with Gasteiger partial charge in [0, 0.05) is 17.8 Å². The van der Waals surface area contributed by atoms with Crippen LogP contribution < -0.4 is 11.5 Å². The zero-order valence-corrected chi connectivity index (χ0v) is 10.6. The molecule has 0 aromatic heterocycles. The van der Waals surface area contributed by atoms with Crippen LogP contribution in [0.4, 0.5) is 11.4 Å². The Hall–Kier alpha value is -2.95. The first kappa shape index (κ1) is 13.5. The third kappa shape index (κ3) is 2.89. The van der Waals surface area contributed by atoms with Gasteiger partial charge in [0.05, 0.1) is 11.3 Å². The number of hydrogen-bond acceptors (Lipinski definition) is 5. The first-order valence-corrected chi connectivity index (χ1v) is 5.87. The highest BCUT2D eigenvalue weighted by atomic mass is 16.3. The Morgan fingerprint density at radius 1 is 1.05 bits per heavy atom. The molecule has 0 saturated heterocycles. The van der Waals surface area contributed by atoms with E-state index in [4.69, 9.17) is 11.5 Å². The number of nitrogen functional groups attached to an aromatic ring is 2. The molecular formula is C15H14N2O3. The van der Waals surface area contributed by atoms with E-state index in [9.17, 15) is 15.0 Å². The molecule has 0 spiro atoms. The van der Waals surface area contributed by atoms with Crippen molar-refractivity contribution in [3.05, 3.63) is 53.6 Å². The molecule has 20 heavy (non-hydrogen) atoms. The summed E-state index contributed by atoms with van der Waals surface area (Å²) in [5, 5.41) is 18.9. The SMILES string of the molecule is Nc1ccc(/C=C/C(=O)c2c(N)cc(O)cc2O)cc1. The van der Waals surface area contributed by atoms with E-state index in [1.165, 1.54) is 12.1 Å². The van der Waals surface area contributed by atoms with Crippen molar-refractivity contribution in [1.29, 1.82) is 0 Å². The molecule has 2 aromatic carbocycles. The van der Waals surface area contributed by atoms with Gasteiger partial charge in [0.1, 0.15) is 11.5 Å². The number of anilines is 2. The van der Waals surface area contributed by atoms with E-state index in [2.05, 4.69) is 0 Å². The van der Waals surface area contributed by atoms with Gasteiger partial charge in [0.2, 0.25) is 0 Å². The van der Waals surface area contributed by atoms with Gasteiger partial charge in [0.25, 0.3) is 0 Å². The van der Waals surface area contributed by atoms with E-state index in [-0.39, 0.29) is 22.7 Å². The summed E-state index contributed by atoms with van der Waals surface area (Å²) in [4.78, 5) is 12.0. The van der Waals surface area contributed by atoms with Crippen LogP contribution >= 0.6 is 0 Å². The topological polar surface area (TPSA) is 110 Å². The first-order valence-electron chi connectivity index (χ1n) is 5.87. The molecule has 5 nitrogen and oxygen atoms in total. The molecule has 102 valence electrons. The number of nitrogens with two attached hydrogens (primary N) is 2. The van der Waals surface area contributed by atoms with E-state index >= 15 is 0 Å². The van der Waals surface area contributed by atoms with E-state index in [0.717, 1.165) is 11.6 Å². The average Bonchev–Trinajstić information content (AvgIpc) is 2.37.